The van der Waals surface area contributed by atoms with Crippen LogP contribution < -0.4 is 10.2 Å². The summed E-state index contributed by atoms with van der Waals surface area (Å²) in [5.41, 5.74) is 4.92. The quantitative estimate of drug-likeness (QED) is 0.131. The summed E-state index contributed by atoms with van der Waals surface area (Å²) >= 11 is 0. The van der Waals surface area contributed by atoms with E-state index in [2.05, 4.69) is 59.3 Å². The van der Waals surface area contributed by atoms with Crippen LogP contribution in [-0.2, 0) is 14.3 Å². The molecule has 1 aliphatic rings. The van der Waals surface area contributed by atoms with Gasteiger partial charge in [-0.2, -0.15) is 0 Å². The third kappa shape index (κ3) is 12.8. The number of aromatic nitrogens is 2. The van der Waals surface area contributed by atoms with Crippen LogP contribution in [0, 0.1) is 12.8 Å². The largest absolute Gasteiger partial charge is 0.463 e. The van der Waals surface area contributed by atoms with Crippen molar-refractivity contribution in [3.8, 4) is 0 Å². The third-order valence-electron chi connectivity index (χ3n) is 6.86. The average molecular weight is 590 g/mol. The van der Waals surface area contributed by atoms with Crippen LogP contribution >= 0.6 is 0 Å². The summed E-state index contributed by atoms with van der Waals surface area (Å²) < 4.78 is 5.22. The molecular formula is C35H51N5O3. The lowest BCUT2D eigenvalue weighted by atomic mass is 9.95. The predicted molar refractivity (Wildman–Crippen MR) is 178 cm³/mol. The van der Waals surface area contributed by atoms with Crippen molar-refractivity contribution in [2.45, 2.75) is 79.8 Å². The molecule has 8 heteroatoms. The van der Waals surface area contributed by atoms with Gasteiger partial charge in [0.1, 0.15) is 0 Å². The van der Waals surface area contributed by atoms with Crippen molar-refractivity contribution in [3.63, 3.8) is 0 Å². The van der Waals surface area contributed by atoms with Gasteiger partial charge in [0.05, 0.1) is 11.8 Å². The first-order chi connectivity index (χ1) is 20.6. The zero-order valence-electron chi connectivity index (χ0n) is 27.1. The minimum atomic E-state index is -0.132. The average Bonchev–Trinajstić information content (AvgIpc) is 2.94. The Hall–Kier alpha value is -3.94. The van der Waals surface area contributed by atoms with Gasteiger partial charge in [-0.1, -0.05) is 51.2 Å². The summed E-state index contributed by atoms with van der Waals surface area (Å²) in [5, 5.41) is 3.27. The van der Waals surface area contributed by atoms with E-state index in [4.69, 9.17) is 4.74 Å². The number of carbonyl (C=O) groups is 2. The van der Waals surface area contributed by atoms with Crippen LogP contribution in [-0.4, -0.2) is 59.0 Å². The maximum Gasteiger partial charge on any atom is 0.306 e. The monoisotopic (exact) mass is 589 g/mol. The Bertz CT molecular complexity index is 1220. The van der Waals surface area contributed by atoms with Gasteiger partial charge in [-0.05, 0) is 83.2 Å². The molecule has 234 valence electrons. The number of esters is 1. The second-order valence-electron chi connectivity index (χ2n) is 11.3. The number of nitrogens with zero attached hydrogens (tertiary/aromatic N) is 4. The summed E-state index contributed by atoms with van der Waals surface area (Å²) in [6.45, 7) is 23.0. The molecule has 8 nitrogen and oxygen atoms in total. The maximum atomic E-state index is 11.8. The van der Waals surface area contributed by atoms with Crippen LogP contribution in [0.4, 0.5) is 17.3 Å². The van der Waals surface area contributed by atoms with Crippen molar-refractivity contribution in [3.05, 3.63) is 72.6 Å². The highest BCUT2D eigenvalue weighted by atomic mass is 16.5. The smallest absolute Gasteiger partial charge is 0.306 e. The first-order valence-corrected chi connectivity index (χ1v) is 15.5. The molecule has 1 aromatic carbocycles. The summed E-state index contributed by atoms with van der Waals surface area (Å²) in [7, 11) is 0. The number of nitrogens with one attached hydrogen (secondary N) is 1. The number of carbonyl (C=O) groups excluding carboxylic acids is 2. The van der Waals surface area contributed by atoms with Gasteiger partial charge in [0.2, 0.25) is 11.9 Å². The number of rotatable bonds is 15. The molecular weight excluding hydrogens is 538 g/mol. The molecule has 0 spiro atoms. The lowest BCUT2D eigenvalue weighted by molar-refractivity contribution is -0.147. The van der Waals surface area contributed by atoms with Crippen LogP contribution in [0.15, 0.2) is 61.3 Å². The lowest BCUT2D eigenvalue weighted by Crippen LogP contribution is -2.49. The van der Waals surface area contributed by atoms with E-state index in [0.29, 0.717) is 12.4 Å². The molecule has 43 heavy (non-hydrogen) atoms. The van der Waals surface area contributed by atoms with Crippen LogP contribution in [0.3, 0.4) is 0 Å². The van der Waals surface area contributed by atoms with Crippen LogP contribution in [0.5, 0.6) is 0 Å². The molecule has 1 aromatic heterocycles. The number of likely N-dealkylation sites (tertiary alicyclic amines) is 1. The van der Waals surface area contributed by atoms with E-state index in [-0.39, 0.29) is 18.0 Å². The molecule has 0 unspecified atom stereocenters. The number of allylic oxidation sites excluding steroid dienone is 2. The topological polar surface area (TPSA) is 87.7 Å². The molecule has 0 saturated carbocycles. The fourth-order valence-corrected chi connectivity index (χ4v) is 4.66. The molecule has 1 fully saturated rings. The van der Waals surface area contributed by atoms with Crippen molar-refractivity contribution >= 4 is 35.3 Å². The number of aryl methyl sites for hydroxylation is 1. The van der Waals surface area contributed by atoms with Crippen LogP contribution in [0.25, 0.3) is 6.08 Å². The second kappa shape index (κ2) is 18.6. The molecule has 2 aromatic rings. The molecule has 1 saturated heterocycles. The zero-order chi connectivity index (χ0) is 31.8. The Labute approximate surface area is 258 Å². The van der Waals surface area contributed by atoms with E-state index in [0.717, 1.165) is 73.1 Å². The molecule has 1 N–H and O–H groups in total. The van der Waals surface area contributed by atoms with Gasteiger partial charge in [-0.3, -0.25) is 9.59 Å². The van der Waals surface area contributed by atoms with E-state index >= 15 is 0 Å². The zero-order valence-corrected chi connectivity index (χ0v) is 27.1. The van der Waals surface area contributed by atoms with E-state index < -0.39 is 0 Å². The van der Waals surface area contributed by atoms with Crippen molar-refractivity contribution in [2.75, 3.05) is 36.4 Å². The van der Waals surface area contributed by atoms with Gasteiger partial charge in [-0.25, -0.2) is 9.97 Å². The third-order valence-corrected chi connectivity index (χ3v) is 6.86. The minimum Gasteiger partial charge on any atom is -0.463 e. The first-order valence-electron chi connectivity index (χ1n) is 15.5. The van der Waals surface area contributed by atoms with Crippen molar-refractivity contribution < 1.29 is 14.3 Å². The number of benzene rings is 1. The van der Waals surface area contributed by atoms with Gasteiger partial charge >= 0.3 is 5.97 Å². The van der Waals surface area contributed by atoms with Gasteiger partial charge in [0, 0.05) is 55.7 Å². The summed E-state index contributed by atoms with van der Waals surface area (Å²) in [5.74, 6) is 1.27. The highest BCUT2D eigenvalue weighted by molar-refractivity contribution is 5.87. The molecule has 1 amide bonds. The van der Waals surface area contributed by atoms with Crippen molar-refractivity contribution in [2.24, 2.45) is 5.92 Å². The number of anilines is 3. The first kappa shape index (κ1) is 35.3. The summed E-state index contributed by atoms with van der Waals surface area (Å²) in [6.07, 6.45) is 11.8. The van der Waals surface area contributed by atoms with Gasteiger partial charge in [0.15, 0.2) is 0 Å². The van der Waals surface area contributed by atoms with E-state index in [9.17, 15) is 9.59 Å². The molecule has 1 aliphatic heterocycles. The minimum absolute atomic E-state index is 0.0638. The number of amides is 1. The van der Waals surface area contributed by atoms with Crippen molar-refractivity contribution in [1.29, 1.82) is 0 Å². The van der Waals surface area contributed by atoms with E-state index in [1.165, 1.54) is 18.9 Å². The molecule has 2 heterocycles. The molecule has 0 aliphatic carbocycles. The van der Waals surface area contributed by atoms with Gasteiger partial charge in [-0.15, -0.1) is 0 Å². The van der Waals surface area contributed by atoms with E-state index in [1.54, 1.807) is 0 Å². The summed E-state index contributed by atoms with van der Waals surface area (Å²) in [4.78, 5) is 35.9. The molecule has 0 bridgehead atoms. The Balaban J connectivity index is 0.000000490. The fraction of sp³-hybridized carbons (Fsp3) is 0.486. The number of hydrogen-bond acceptors (Lipinski definition) is 7. The summed E-state index contributed by atoms with van der Waals surface area (Å²) in [6, 6.07) is 8.22. The maximum absolute atomic E-state index is 11.8. The Kier molecular flexibility index (Phi) is 15.2. The normalized spacial score (nSPS) is 12.8. The molecule has 0 atom stereocenters. The Morgan fingerprint density at radius 1 is 1.16 bits per heavy atom. The molecule has 3 rings (SSSR count). The number of ether oxygens (including phenoxy) is 1. The SMILES string of the molecule is C=C(C)/C=C\c1cnc(Nc2ccc(N(CCC)CCCC(=O)OC(C)C)cc2)nc1C.C=CC(=O)N1CC(CCC)C1. The highest BCUT2D eigenvalue weighted by Gasteiger charge is 2.27. The van der Waals surface area contributed by atoms with Crippen LogP contribution in [0.1, 0.15) is 78.0 Å². The molecule has 0 radical (unpaired) electrons. The van der Waals surface area contributed by atoms with Crippen molar-refractivity contribution in [1.82, 2.24) is 14.9 Å². The Morgan fingerprint density at radius 3 is 2.42 bits per heavy atom. The Morgan fingerprint density at radius 2 is 1.86 bits per heavy atom. The van der Waals surface area contributed by atoms with Gasteiger partial charge in [0.25, 0.3) is 0 Å². The predicted octanol–water partition coefficient (Wildman–Crippen LogP) is 7.50. The fourth-order valence-electron chi connectivity index (χ4n) is 4.66. The lowest BCUT2D eigenvalue weighted by Gasteiger charge is -2.38. The van der Waals surface area contributed by atoms with E-state index in [1.807, 2.05) is 63.1 Å². The van der Waals surface area contributed by atoms with Crippen LogP contribution in [0.2, 0.25) is 0 Å². The van der Waals surface area contributed by atoms with Gasteiger partial charge < -0.3 is 19.9 Å². The second-order valence-corrected chi connectivity index (χ2v) is 11.3. The highest BCUT2D eigenvalue weighted by Crippen LogP contribution is 2.22. The number of hydrogen-bond donors (Lipinski definition) is 1. The standard InChI is InChI=1S/C26H36N4O2.C9H15NO/c1-7-16-30(17-8-9-25(31)32-20(4)5)24-14-12-23(13-15-24)29-26-27-18-22(21(6)28-26)11-10-19(2)3;1-3-5-8-6-10(7-8)9(11)4-2/h10-15,18,20H,2,7-9,16-17H2,1,3-6H3,(H,27,28,29);4,8H,2-3,5-7H2,1H3/b11-10-;.